The summed E-state index contributed by atoms with van der Waals surface area (Å²) in [7, 11) is 0. The van der Waals surface area contributed by atoms with Crippen molar-refractivity contribution in [3.05, 3.63) is 0 Å². The molecule has 0 aliphatic heterocycles. The topological polar surface area (TPSA) is 73.1 Å². The average molecular weight is 434 g/mol. The van der Waals surface area contributed by atoms with E-state index in [1.807, 2.05) is 13.8 Å². The van der Waals surface area contributed by atoms with Gasteiger partial charge in [0.25, 0.3) is 0 Å². The van der Waals surface area contributed by atoms with E-state index >= 15 is 0 Å². The van der Waals surface area contributed by atoms with Gasteiger partial charge in [0.15, 0.2) is 0 Å². The van der Waals surface area contributed by atoms with E-state index in [4.69, 9.17) is 0 Å². The van der Waals surface area contributed by atoms with Gasteiger partial charge in [0.2, 0.25) is 0 Å². The van der Waals surface area contributed by atoms with Gasteiger partial charge in [0.05, 0.1) is 17.4 Å². The summed E-state index contributed by atoms with van der Waals surface area (Å²) in [5.74, 6) is 3.54. The third-order valence-electron chi connectivity index (χ3n) is 10.8. The summed E-state index contributed by atoms with van der Waals surface area (Å²) >= 11 is 0. The third-order valence-corrected chi connectivity index (χ3v) is 10.8. The summed E-state index contributed by atoms with van der Waals surface area (Å²) in [5.41, 5.74) is 1.11. The van der Waals surface area contributed by atoms with Crippen molar-refractivity contribution in [3.8, 4) is 0 Å². The van der Waals surface area contributed by atoms with Crippen LogP contribution >= 0.6 is 0 Å². The van der Waals surface area contributed by atoms with E-state index in [0.717, 1.165) is 50.2 Å². The van der Waals surface area contributed by atoms with Crippen LogP contribution in [-0.2, 0) is 0 Å². The molecular weight excluding hydrogens is 386 g/mol. The highest BCUT2D eigenvalue weighted by Gasteiger charge is 2.62. The van der Waals surface area contributed by atoms with Crippen molar-refractivity contribution < 1.29 is 15.4 Å². The van der Waals surface area contributed by atoms with Crippen molar-refractivity contribution in [3.63, 3.8) is 0 Å². The first kappa shape index (κ1) is 23.5. The van der Waals surface area contributed by atoms with Gasteiger partial charge in [-0.15, -0.1) is 0 Å². The van der Waals surface area contributed by atoms with Gasteiger partial charge in [-0.25, -0.2) is 0 Å². The number of oxime groups is 1. The summed E-state index contributed by atoms with van der Waals surface area (Å²) in [6, 6.07) is 0. The quantitative estimate of drug-likeness (QED) is 0.366. The molecule has 4 aliphatic carbocycles. The Morgan fingerprint density at radius 3 is 2.42 bits per heavy atom. The molecule has 0 heterocycles. The molecule has 4 fully saturated rings. The molecule has 0 radical (unpaired) electrons. The van der Waals surface area contributed by atoms with E-state index in [1.54, 1.807) is 0 Å². The summed E-state index contributed by atoms with van der Waals surface area (Å²) in [6.45, 7) is 11.3. The lowest BCUT2D eigenvalue weighted by atomic mass is 9.44. The normalized spacial score (nSPS) is 47.5. The number of aliphatic hydroxyl groups excluding tert-OH is 1. The first-order chi connectivity index (χ1) is 14.5. The van der Waals surface area contributed by atoms with Crippen LogP contribution < -0.4 is 0 Å². The molecule has 0 aromatic carbocycles. The summed E-state index contributed by atoms with van der Waals surface area (Å²) < 4.78 is 0. The predicted octanol–water partition coefficient (Wildman–Crippen LogP) is 6.02. The van der Waals surface area contributed by atoms with E-state index in [9.17, 15) is 15.4 Å². The van der Waals surface area contributed by atoms with Gasteiger partial charge in [-0.1, -0.05) is 38.8 Å². The Morgan fingerprint density at radius 2 is 1.74 bits per heavy atom. The number of fused-ring (bicyclic) bond motifs is 5. The molecule has 4 nitrogen and oxygen atoms in total. The van der Waals surface area contributed by atoms with E-state index in [1.165, 1.54) is 32.1 Å². The predicted molar refractivity (Wildman–Crippen MR) is 125 cm³/mol. The molecular formula is C27H47NO3. The molecule has 9 atom stereocenters. The van der Waals surface area contributed by atoms with Gasteiger partial charge >= 0.3 is 0 Å². The van der Waals surface area contributed by atoms with Crippen LogP contribution in [0.2, 0.25) is 0 Å². The summed E-state index contributed by atoms with van der Waals surface area (Å²) in [4.78, 5) is 0. The zero-order chi connectivity index (χ0) is 22.6. The average Bonchev–Trinajstić information content (AvgIpc) is 3.04. The second kappa shape index (κ2) is 8.31. The minimum Gasteiger partial charge on any atom is -0.411 e. The highest BCUT2D eigenvalue weighted by Crippen LogP contribution is 2.67. The van der Waals surface area contributed by atoms with Crippen LogP contribution in [0.25, 0.3) is 0 Å². The zero-order valence-electron chi connectivity index (χ0n) is 20.6. The van der Waals surface area contributed by atoms with Gasteiger partial charge < -0.3 is 15.4 Å². The molecule has 178 valence electrons. The Morgan fingerprint density at radius 1 is 1.06 bits per heavy atom. The van der Waals surface area contributed by atoms with Crippen molar-refractivity contribution in [1.82, 2.24) is 0 Å². The first-order valence-electron chi connectivity index (χ1n) is 13.1. The van der Waals surface area contributed by atoms with Crippen molar-refractivity contribution in [1.29, 1.82) is 0 Å². The van der Waals surface area contributed by atoms with Crippen molar-refractivity contribution >= 4 is 5.71 Å². The van der Waals surface area contributed by atoms with Crippen LogP contribution in [-0.4, -0.2) is 32.8 Å². The van der Waals surface area contributed by atoms with Gasteiger partial charge in [-0.05, 0) is 112 Å². The minimum atomic E-state index is -0.561. The van der Waals surface area contributed by atoms with Crippen LogP contribution in [0, 0.1) is 46.3 Å². The molecule has 4 rings (SSSR count). The van der Waals surface area contributed by atoms with E-state index in [-0.39, 0.29) is 11.5 Å². The van der Waals surface area contributed by atoms with Crippen molar-refractivity contribution in [2.24, 2.45) is 51.5 Å². The second-order valence-electron chi connectivity index (χ2n) is 13.1. The monoisotopic (exact) mass is 433 g/mol. The number of nitrogens with zero attached hydrogens (tertiary/aromatic N) is 1. The standard InChI is InChI=1S/C27H47NO3/c1-17(7-6-12-25(2,3)30)20-8-9-21-24-22(11-14-27(20,21)5)26(4)13-10-19(29)15-18(26)16-23(24)28-31/h17-22,24,29-31H,6-16H2,1-5H3/b28-23+/t17?,18-,19+,20-,21+,22+,24+,26+,27-/m1/s1. The summed E-state index contributed by atoms with van der Waals surface area (Å²) in [5, 5.41) is 34.4. The lowest BCUT2D eigenvalue weighted by Crippen LogP contribution is -2.57. The first-order valence-corrected chi connectivity index (χ1v) is 13.1. The Hall–Kier alpha value is -0.610. The number of hydrogen-bond donors (Lipinski definition) is 3. The Labute approximate surface area is 189 Å². The third kappa shape index (κ3) is 4.09. The van der Waals surface area contributed by atoms with Crippen molar-refractivity contribution in [2.45, 2.75) is 117 Å². The van der Waals surface area contributed by atoms with Crippen molar-refractivity contribution in [2.75, 3.05) is 0 Å². The maximum Gasteiger partial charge on any atom is 0.0610 e. The van der Waals surface area contributed by atoms with Crippen LogP contribution in [0.3, 0.4) is 0 Å². The number of aliphatic hydroxyl groups is 2. The molecule has 4 heteroatoms. The van der Waals surface area contributed by atoms with E-state index < -0.39 is 5.60 Å². The van der Waals surface area contributed by atoms with E-state index in [0.29, 0.717) is 35.0 Å². The Bertz CT molecular complexity index is 684. The Balaban J connectivity index is 1.53. The number of hydrogen-bond acceptors (Lipinski definition) is 4. The Kier molecular flexibility index (Phi) is 6.31. The molecule has 0 bridgehead atoms. The zero-order valence-corrected chi connectivity index (χ0v) is 20.6. The van der Waals surface area contributed by atoms with Gasteiger partial charge in [0, 0.05) is 5.92 Å². The maximum absolute atomic E-state index is 10.3. The SMILES string of the molecule is CC(CCCC(C)(C)O)[C@H]1CC[C@H]2[C@@H]3/C(=N/O)C[C@H]4C[C@@H](O)CC[C@]4(C)[C@H]3CC[C@]12C. The molecule has 31 heavy (non-hydrogen) atoms. The highest BCUT2D eigenvalue weighted by atomic mass is 16.4. The maximum atomic E-state index is 10.3. The summed E-state index contributed by atoms with van der Waals surface area (Å²) in [6.07, 6.45) is 11.9. The highest BCUT2D eigenvalue weighted by molar-refractivity contribution is 5.88. The molecule has 0 saturated heterocycles. The minimum absolute atomic E-state index is 0.177. The van der Waals surface area contributed by atoms with Crippen LogP contribution in [0.15, 0.2) is 5.16 Å². The fraction of sp³-hybridized carbons (Fsp3) is 0.963. The fourth-order valence-corrected chi connectivity index (χ4v) is 9.08. The van der Waals surface area contributed by atoms with Gasteiger partial charge in [0.1, 0.15) is 0 Å². The molecule has 1 unspecified atom stereocenters. The molecule has 0 aromatic rings. The molecule has 0 amide bonds. The largest absolute Gasteiger partial charge is 0.411 e. The molecule has 3 N–H and O–H groups in total. The van der Waals surface area contributed by atoms with Gasteiger partial charge in [-0.2, -0.15) is 0 Å². The lowest BCUT2D eigenvalue weighted by molar-refractivity contribution is -0.0919. The van der Waals surface area contributed by atoms with Gasteiger partial charge in [-0.3, -0.25) is 0 Å². The second-order valence-corrected chi connectivity index (χ2v) is 13.1. The molecule has 4 saturated carbocycles. The number of rotatable bonds is 5. The molecule has 0 aromatic heterocycles. The molecule has 0 spiro atoms. The van der Waals surface area contributed by atoms with E-state index in [2.05, 4.69) is 25.9 Å². The smallest absolute Gasteiger partial charge is 0.0610 e. The van der Waals surface area contributed by atoms with Crippen LogP contribution in [0.1, 0.15) is 105 Å². The van der Waals surface area contributed by atoms with Crippen LogP contribution in [0.4, 0.5) is 0 Å². The fourth-order valence-electron chi connectivity index (χ4n) is 9.08. The lowest BCUT2D eigenvalue weighted by Gasteiger charge is -2.61. The molecule has 4 aliphatic rings. The van der Waals surface area contributed by atoms with Crippen LogP contribution in [0.5, 0.6) is 0 Å².